The van der Waals surface area contributed by atoms with Crippen LogP contribution in [0.5, 0.6) is 0 Å². The van der Waals surface area contributed by atoms with Crippen LogP contribution in [0, 0.1) is 5.92 Å². The highest BCUT2D eigenvalue weighted by atomic mass is 16.5. The van der Waals surface area contributed by atoms with Crippen molar-refractivity contribution < 1.29 is 4.74 Å². The number of nitrogens with zero attached hydrogens (tertiary/aromatic N) is 3. The molecule has 1 aromatic heterocycles. The van der Waals surface area contributed by atoms with Gasteiger partial charge in [-0.15, -0.1) is 0 Å². The van der Waals surface area contributed by atoms with Crippen molar-refractivity contribution in [3.05, 3.63) is 42.2 Å². The first-order chi connectivity index (χ1) is 9.83. The molecule has 0 bridgehead atoms. The molecule has 106 valence electrons. The lowest BCUT2D eigenvalue weighted by Gasteiger charge is -2.23. The molecule has 2 aromatic rings. The van der Waals surface area contributed by atoms with Gasteiger partial charge in [0, 0.05) is 13.2 Å². The molecule has 0 saturated carbocycles. The van der Waals surface area contributed by atoms with Crippen molar-refractivity contribution in [1.82, 2.24) is 15.0 Å². The summed E-state index contributed by atoms with van der Waals surface area (Å²) in [4.78, 5) is 1.64. The molecule has 3 rings (SSSR count). The quantitative estimate of drug-likeness (QED) is 0.925. The molecular weight excluding hydrogens is 252 g/mol. The largest absolute Gasteiger partial charge is 0.381 e. The molecule has 1 unspecified atom stereocenters. The van der Waals surface area contributed by atoms with Gasteiger partial charge in [-0.05, 0) is 37.3 Å². The van der Waals surface area contributed by atoms with Crippen molar-refractivity contribution in [3.8, 4) is 5.69 Å². The Kier molecular flexibility index (Phi) is 4.08. The zero-order chi connectivity index (χ0) is 13.8. The molecule has 1 aromatic carbocycles. The summed E-state index contributed by atoms with van der Waals surface area (Å²) < 4.78 is 5.38. The van der Waals surface area contributed by atoms with Gasteiger partial charge in [-0.2, -0.15) is 15.0 Å². The van der Waals surface area contributed by atoms with Crippen LogP contribution in [0.4, 0.5) is 0 Å². The van der Waals surface area contributed by atoms with Gasteiger partial charge >= 0.3 is 0 Å². The Morgan fingerprint density at radius 3 is 2.75 bits per heavy atom. The van der Waals surface area contributed by atoms with Crippen LogP contribution in [-0.4, -0.2) is 28.2 Å². The van der Waals surface area contributed by atoms with Crippen LogP contribution in [0.15, 0.2) is 36.5 Å². The highest BCUT2D eigenvalue weighted by Crippen LogP contribution is 2.25. The Bertz CT molecular complexity index is 534. The van der Waals surface area contributed by atoms with Gasteiger partial charge in [-0.25, -0.2) is 0 Å². The summed E-state index contributed by atoms with van der Waals surface area (Å²) in [5.74, 6) is 0.639. The maximum atomic E-state index is 6.26. The van der Waals surface area contributed by atoms with Gasteiger partial charge in [0.05, 0.1) is 23.6 Å². The molecule has 5 nitrogen and oxygen atoms in total. The topological polar surface area (TPSA) is 66.0 Å². The molecule has 0 aliphatic carbocycles. The second kappa shape index (κ2) is 6.15. The van der Waals surface area contributed by atoms with E-state index in [1.165, 1.54) is 0 Å². The lowest BCUT2D eigenvalue weighted by molar-refractivity contribution is 0.0617. The van der Waals surface area contributed by atoms with Gasteiger partial charge < -0.3 is 10.5 Å². The third-order valence-electron chi connectivity index (χ3n) is 3.80. The number of benzene rings is 1. The van der Waals surface area contributed by atoms with Crippen molar-refractivity contribution in [3.63, 3.8) is 0 Å². The highest BCUT2D eigenvalue weighted by Gasteiger charge is 2.20. The van der Waals surface area contributed by atoms with E-state index >= 15 is 0 Å². The fourth-order valence-corrected chi connectivity index (χ4v) is 2.59. The van der Waals surface area contributed by atoms with E-state index in [-0.39, 0.29) is 6.04 Å². The van der Waals surface area contributed by atoms with E-state index in [4.69, 9.17) is 10.5 Å². The van der Waals surface area contributed by atoms with Crippen LogP contribution in [-0.2, 0) is 4.74 Å². The summed E-state index contributed by atoms with van der Waals surface area (Å²) in [5, 5.41) is 8.80. The van der Waals surface area contributed by atoms with Crippen molar-refractivity contribution in [1.29, 1.82) is 0 Å². The number of ether oxygens (including phenoxy) is 1. The second-order valence-corrected chi connectivity index (χ2v) is 5.29. The molecule has 0 amide bonds. The molecule has 2 N–H and O–H groups in total. The summed E-state index contributed by atoms with van der Waals surface area (Å²) >= 11 is 0. The number of hydrogen-bond donors (Lipinski definition) is 1. The number of nitrogens with two attached hydrogens (primary N) is 1. The highest BCUT2D eigenvalue weighted by molar-refractivity contribution is 5.28. The van der Waals surface area contributed by atoms with Crippen molar-refractivity contribution in [2.24, 2.45) is 11.7 Å². The second-order valence-electron chi connectivity index (χ2n) is 5.29. The minimum atomic E-state index is -0.0458. The molecule has 5 heteroatoms. The van der Waals surface area contributed by atoms with E-state index in [0.29, 0.717) is 5.92 Å². The summed E-state index contributed by atoms with van der Waals surface area (Å²) in [6.45, 7) is 1.71. The predicted molar refractivity (Wildman–Crippen MR) is 76.4 cm³/mol. The Morgan fingerprint density at radius 2 is 2.00 bits per heavy atom. The molecule has 1 aliphatic heterocycles. The third kappa shape index (κ3) is 3.05. The van der Waals surface area contributed by atoms with E-state index in [2.05, 4.69) is 10.2 Å². The Labute approximate surface area is 118 Å². The van der Waals surface area contributed by atoms with E-state index < -0.39 is 0 Å². The molecule has 0 radical (unpaired) electrons. The summed E-state index contributed by atoms with van der Waals surface area (Å²) in [6, 6.07) is 9.84. The average molecular weight is 272 g/mol. The van der Waals surface area contributed by atoms with E-state index in [9.17, 15) is 0 Å². The molecule has 2 heterocycles. The summed E-state index contributed by atoms with van der Waals surface area (Å²) in [7, 11) is 0. The van der Waals surface area contributed by atoms with Crippen LogP contribution < -0.4 is 5.73 Å². The zero-order valence-corrected chi connectivity index (χ0v) is 11.5. The molecule has 0 spiro atoms. The normalized spacial score (nSPS) is 18.1. The number of aromatic nitrogens is 3. The van der Waals surface area contributed by atoms with Gasteiger partial charge in [-0.3, -0.25) is 0 Å². The zero-order valence-electron chi connectivity index (χ0n) is 11.5. The Balaban J connectivity index is 1.66. The summed E-state index contributed by atoms with van der Waals surface area (Å²) in [6.07, 6.45) is 4.93. The van der Waals surface area contributed by atoms with Gasteiger partial charge in [0.1, 0.15) is 0 Å². The average Bonchev–Trinajstić information content (AvgIpc) is 2.99. The van der Waals surface area contributed by atoms with Crippen molar-refractivity contribution >= 4 is 0 Å². The van der Waals surface area contributed by atoms with Crippen LogP contribution in [0.25, 0.3) is 5.69 Å². The molecular formula is C15H20N4O. The third-order valence-corrected chi connectivity index (χ3v) is 3.80. The lowest BCUT2D eigenvalue weighted by Crippen LogP contribution is -2.22. The maximum Gasteiger partial charge on any atom is 0.0998 e. The molecule has 1 atom stereocenters. The van der Waals surface area contributed by atoms with Gasteiger partial charge in [0.15, 0.2) is 0 Å². The van der Waals surface area contributed by atoms with Crippen LogP contribution in [0.3, 0.4) is 0 Å². The molecule has 1 saturated heterocycles. The number of rotatable bonds is 4. The molecule has 20 heavy (non-hydrogen) atoms. The smallest absolute Gasteiger partial charge is 0.0998 e. The van der Waals surface area contributed by atoms with E-state index in [1.54, 1.807) is 11.0 Å². The van der Waals surface area contributed by atoms with Crippen LogP contribution in [0.2, 0.25) is 0 Å². The van der Waals surface area contributed by atoms with Crippen LogP contribution >= 0.6 is 0 Å². The maximum absolute atomic E-state index is 6.26. The van der Waals surface area contributed by atoms with E-state index in [0.717, 1.165) is 43.9 Å². The van der Waals surface area contributed by atoms with E-state index in [1.807, 2.05) is 30.3 Å². The monoisotopic (exact) mass is 272 g/mol. The van der Waals surface area contributed by atoms with Crippen LogP contribution in [0.1, 0.15) is 31.0 Å². The first kappa shape index (κ1) is 13.3. The van der Waals surface area contributed by atoms with Gasteiger partial charge in [0.2, 0.25) is 0 Å². The first-order valence-corrected chi connectivity index (χ1v) is 7.14. The molecule has 1 aliphatic rings. The van der Waals surface area contributed by atoms with Crippen molar-refractivity contribution in [2.75, 3.05) is 13.2 Å². The summed E-state index contributed by atoms with van der Waals surface area (Å²) in [5.41, 5.74) is 8.08. The minimum Gasteiger partial charge on any atom is -0.381 e. The van der Waals surface area contributed by atoms with Gasteiger partial charge in [0.25, 0.3) is 0 Å². The molecule has 1 fully saturated rings. The van der Waals surface area contributed by atoms with Gasteiger partial charge in [-0.1, -0.05) is 18.2 Å². The van der Waals surface area contributed by atoms with Crippen molar-refractivity contribution in [2.45, 2.75) is 25.3 Å². The fraction of sp³-hybridized carbons (Fsp3) is 0.467. The fourth-order valence-electron chi connectivity index (χ4n) is 2.59. The predicted octanol–water partition coefficient (Wildman–Crippen LogP) is 2.08. The minimum absolute atomic E-state index is 0.0458. The Morgan fingerprint density at radius 1 is 1.25 bits per heavy atom. The lowest BCUT2D eigenvalue weighted by atomic mass is 9.92. The Hall–Kier alpha value is -1.72. The standard InChI is InChI=1S/C15H20N4O/c16-14(10-12-6-8-20-9-7-12)15-11-17-19(18-15)13-4-2-1-3-5-13/h1-5,11-12,14H,6-10,16H2. The number of para-hydroxylation sites is 1. The SMILES string of the molecule is NC(CC1CCOCC1)c1cnn(-c2ccccc2)n1. The number of hydrogen-bond acceptors (Lipinski definition) is 4. The first-order valence-electron chi connectivity index (χ1n) is 7.14.